The molecule has 0 fully saturated rings. The Hall–Kier alpha value is -4.20. The summed E-state index contributed by atoms with van der Waals surface area (Å²) >= 11 is 0. The fraction of sp³-hybridized carbons (Fsp3) is 0.107. The van der Waals surface area contributed by atoms with E-state index >= 15 is 0 Å². The lowest BCUT2D eigenvalue weighted by atomic mass is 10.0. The highest BCUT2D eigenvalue weighted by atomic mass is 32.3. The van der Waals surface area contributed by atoms with Gasteiger partial charge in [0.1, 0.15) is 22.1 Å². The van der Waals surface area contributed by atoms with Crippen molar-refractivity contribution in [3.63, 3.8) is 0 Å². The minimum atomic E-state index is -4.82. The Bertz CT molecular complexity index is 1790. The topological polar surface area (TPSA) is 116 Å². The highest BCUT2D eigenvalue weighted by Gasteiger charge is 2.32. The number of aryl methyl sites for hydroxylation is 1. The van der Waals surface area contributed by atoms with E-state index in [1.165, 1.54) is 47.6 Å². The Morgan fingerprint density at radius 3 is 1.80 bits per heavy atom. The van der Waals surface area contributed by atoms with Gasteiger partial charge < -0.3 is 9.47 Å². The molecule has 4 aromatic carbocycles. The number of carbonyl (C=O) groups excluding carboxylic acids is 1. The monoisotopic (exact) mass is 605 g/mol. The SMILES string of the molecule is COc1ccc(Oc2ccc(C(=O)c3ccc(C)cc3)cc2)cc1S(=O)(=O)NS(=O)(=O)c1ccc(C(F)(F)F)cc1. The molecule has 0 bridgehead atoms. The van der Waals surface area contributed by atoms with Crippen LogP contribution in [0.15, 0.2) is 101 Å². The van der Waals surface area contributed by atoms with Crippen molar-refractivity contribution in [1.82, 2.24) is 4.13 Å². The Kier molecular flexibility index (Phi) is 8.24. The van der Waals surface area contributed by atoms with Crippen molar-refractivity contribution in [2.24, 2.45) is 0 Å². The van der Waals surface area contributed by atoms with E-state index in [2.05, 4.69) is 0 Å². The van der Waals surface area contributed by atoms with Crippen LogP contribution >= 0.6 is 0 Å². The lowest BCUT2D eigenvalue weighted by Gasteiger charge is -2.14. The number of halogens is 3. The molecule has 4 rings (SSSR count). The quantitative estimate of drug-likeness (QED) is 0.243. The van der Waals surface area contributed by atoms with Crippen LogP contribution in [0.25, 0.3) is 0 Å². The molecular weight excluding hydrogens is 583 g/mol. The molecule has 0 amide bonds. The average molecular weight is 606 g/mol. The normalized spacial score (nSPS) is 12.1. The molecule has 13 heteroatoms. The van der Waals surface area contributed by atoms with Crippen LogP contribution in [-0.4, -0.2) is 29.7 Å². The van der Waals surface area contributed by atoms with Crippen LogP contribution in [0.5, 0.6) is 17.2 Å². The second-order valence-corrected chi connectivity index (χ2v) is 12.3. The maximum absolute atomic E-state index is 13.1. The fourth-order valence-corrected chi connectivity index (χ4v) is 6.75. The van der Waals surface area contributed by atoms with Gasteiger partial charge in [0.25, 0.3) is 20.0 Å². The first-order valence-electron chi connectivity index (χ1n) is 11.7. The third-order valence-electron chi connectivity index (χ3n) is 5.80. The number of hydrogen-bond donors (Lipinski definition) is 1. The lowest BCUT2D eigenvalue weighted by molar-refractivity contribution is -0.137. The Labute approximate surface area is 234 Å². The standard InChI is InChI=1S/C28H22F3NO7S2/c1-18-3-5-19(6-4-18)27(33)20-7-11-22(12-8-20)39-23-13-16-25(38-2)26(17-23)41(36,37)32-40(34,35)24-14-9-21(10-15-24)28(29,30)31/h3-17,32H,1-2H3. The van der Waals surface area contributed by atoms with Crippen molar-refractivity contribution < 1.29 is 44.3 Å². The van der Waals surface area contributed by atoms with Crippen molar-refractivity contribution in [3.05, 3.63) is 113 Å². The minimum Gasteiger partial charge on any atom is -0.495 e. The van der Waals surface area contributed by atoms with E-state index in [9.17, 15) is 34.8 Å². The van der Waals surface area contributed by atoms with Gasteiger partial charge >= 0.3 is 6.18 Å². The van der Waals surface area contributed by atoms with Crippen LogP contribution < -0.4 is 13.6 Å². The number of rotatable bonds is 9. The van der Waals surface area contributed by atoms with E-state index in [1.54, 1.807) is 12.1 Å². The van der Waals surface area contributed by atoms with Crippen molar-refractivity contribution in [2.45, 2.75) is 22.9 Å². The van der Waals surface area contributed by atoms with E-state index in [4.69, 9.17) is 9.47 Å². The Morgan fingerprint density at radius 1 is 0.732 bits per heavy atom. The zero-order valence-corrected chi connectivity index (χ0v) is 23.1. The summed E-state index contributed by atoms with van der Waals surface area (Å²) in [4.78, 5) is 11.4. The molecule has 0 atom stereocenters. The maximum atomic E-state index is 13.1. The second-order valence-electron chi connectivity index (χ2n) is 8.75. The summed E-state index contributed by atoms with van der Waals surface area (Å²) < 4.78 is 102. The predicted octanol–water partition coefficient (Wildman–Crippen LogP) is 5.71. The Balaban J connectivity index is 1.56. The van der Waals surface area contributed by atoms with Gasteiger partial charge in [-0.25, -0.2) is 16.8 Å². The summed E-state index contributed by atoms with van der Waals surface area (Å²) in [5.74, 6) is -0.166. The van der Waals surface area contributed by atoms with Gasteiger partial charge in [-0.1, -0.05) is 29.8 Å². The molecule has 0 saturated heterocycles. The van der Waals surface area contributed by atoms with E-state index < -0.39 is 41.6 Å². The third kappa shape index (κ3) is 6.93. The number of sulfonamides is 2. The molecule has 0 heterocycles. The van der Waals surface area contributed by atoms with Gasteiger partial charge in [-0.2, -0.15) is 13.2 Å². The van der Waals surface area contributed by atoms with Gasteiger partial charge in [0.05, 0.1) is 17.6 Å². The van der Waals surface area contributed by atoms with Crippen LogP contribution in [0.3, 0.4) is 0 Å². The molecule has 1 N–H and O–H groups in total. The molecule has 0 aliphatic rings. The van der Waals surface area contributed by atoms with E-state index in [0.29, 0.717) is 35.4 Å². The van der Waals surface area contributed by atoms with Crippen LogP contribution in [0.4, 0.5) is 13.2 Å². The zero-order chi connectivity index (χ0) is 30.0. The molecule has 214 valence electrons. The summed E-state index contributed by atoms with van der Waals surface area (Å²) in [6.07, 6.45) is -4.70. The first-order chi connectivity index (χ1) is 19.2. The molecule has 0 aliphatic carbocycles. The molecular formula is C28H22F3NO7S2. The minimum absolute atomic E-state index is 0.00397. The lowest BCUT2D eigenvalue weighted by Crippen LogP contribution is -2.31. The van der Waals surface area contributed by atoms with E-state index in [0.717, 1.165) is 11.6 Å². The molecule has 0 spiro atoms. The first-order valence-corrected chi connectivity index (χ1v) is 14.7. The van der Waals surface area contributed by atoms with E-state index in [1.807, 2.05) is 19.1 Å². The molecule has 0 aromatic heterocycles. The fourth-order valence-electron chi connectivity index (χ4n) is 3.67. The van der Waals surface area contributed by atoms with Gasteiger partial charge in [0, 0.05) is 17.2 Å². The van der Waals surface area contributed by atoms with Gasteiger partial charge in [-0.05, 0) is 67.6 Å². The average Bonchev–Trinajstić information content (AvgIpc) is 2.92. The van der Waals surface area contributed by atoms with Crippen LogP contribution in [0.1, 0.15) is 27.0 Å². The predicted molar refractivity (Wildman–Crippen MR) is 143 cm³/mol. The summed E-state index contributed by atoms with van der Waals surface area (Å²) in [5.41, 5.74) is 0.821. The third-order valence-corrected chi connectivity index (χ3v) is 9.35. The second kappa shape index (κ2) is 11.4. The number of carbonyl (C=O) groups is 1. The van der Waals surface area contributed by atoms with Crippen molar-refractivity contribution in [1.29, 1.82) is 0 Å². The van der Waals surface area contributed by atoms with Crippen molar-refractivity contribution in [3.8, 4) is 17.2 Å². The number of ketones is 1. The van der Waals surface area contributed by atoms with Crippen LogP contribution in [0.2, 0.25) is 0 Å². The number of ether oxygens (including phenoxy) is 2. The molecule has 41 heavy (non-hydrogen) atoms. The molecule has 0 unspecified atom stereocenters. The summed E-state index contributed by atoms with van der Waals surface area (Å²) in [7, 11) is -8.45. The first kappa shape index (κ1) is 29.8. The van der Waals surface area contributed by atoms with Gasteiger partial charge in [0.15, 0.2) is 5.78 Å². The summed E-state index contributed by atoms with van der Waals surface area (Å²) in [6, 6.07) is 19.1. The van der Waals surface area contributed by atoms with Gasteiger partial charge in [0.2, 0.25) is 0 Å². The van der Waals surface area contributed by atoms with Gasteiger partial charge in [-0.3, -0.25) is 4.79 Å². The number of nitrogens with one attached hydrogen (secondary N) is 1. The molecule has 0 saturated carbocycles. The number of hydrogen-bond acceptors (Lipinski definition) is 7. The smallest absolute Gasteiger partial charge is 0.416 e. The number of alkyl halides is 3. The molecule has 0 aliphatic heterocycles. The number of benzene rings is 4. The largest absolute Gasteiger partial charge is 0.495 e. The van der Waals surface area contributed by atoms with Crippen molar-refractivity contribution >= 4 is 25.8 Å². The molecule has 8 nitrogen and oxygen atoms in total. The summed E-state index contributed by atoms with van der Waals surface area (Å²) in [6.45, 7) is 1.91. The maximum Gasteiger partial charge on any atom is 0.416 e. The zero-order valence-electron chi connectivity index (χ0n) is 21.5. The highest BCUT2D eigenvalue weighted by Crippen LogP contribution is 2.33. The molecule has 0 radical (unpaired) electrons. The van der Waals surface area contributed by atoms with E-state index in [-0.39, 0.29) is 23.0 Å². The molecule has 4 aromatic rings. The van der Waals surface area contributed by atoms with Crippen molar-refractivity contribution in [2.75, 3.05) is 7.11 Å². The van der Waals surface area contributed by atoms with Gasteiger partial charge in [-0.15, -0.1) is 4.13 Å². The summed E-state index contributed by atoms with van der Waals surface area (Å²) in [5, 5.41) is 0. The van der Waals surface area contributed by atoms with Crippen LogP contribution in [-0.2, 0) is 26.2 Å². The van der Waals surface area contributed by atoms with Crippen LogP contribution in [0, 0.1) is 6.92 Å². The Morgan fingerprint density at radius 2 is 1.27 bits per heavy atom. The number of methoxy groups -OCH3 is 1. The highest BCUT2D eigenvalue weighted by molar-refractivity contribution is 8.04.